The van der Waals surface area contributed by atoms with Crippen LogP contribution >= 0.6 is 12.4 Å². The highest BCUT2D eigenvalue weighted by atomic mass is 35.5. The summed E-state index contributed by atoms with van der Waals surface area (Å²) in [7, 11) is 0. The lowest BCUT2D eigenvalue weighted by atomic mass is 10.0. The van der Waals surface area contributed by atoms with E-state index in [0.717, 1.165) is 0 Å². The molecule has 76 valence electrons. The molecule has 1 atom stereocenters. The minimum Gasteiger partial charge on any atom is -0.508 e. The Balaban J connectivity index is 0.000000980. The van der Waals surface area contributed by atoms with Gasteiger partial charge in [0.25, 0.3) is 0 Å². The van der Waals surface area contributed by atoms with Crippen molar-refractivity contribution in [3.05, 3.63) is 29.8 Å². The maximum Gasteiger partial charge on any atom is 0.155 e. The Morgan fingerprint density at radius 1 is 1.36 bits per heavy atom. The lowest BCUT2D eigenvalue weighted by Crippen LogP contribution is -2.17. The number of rotatable bonds is 1. The fourth-order valence-corrected chi connectivity index (χ4v) is 1.61. The van der Waals surface area contributed by atoms with E-state index in [1.54, 1.807) is 18.2 Å². The SMILES string of the molecule is Cl.O=C1CCNC1c1ccccc1O. The summed E-state index contributed by atoms with van der Waals surface area (Å²) in [4.78, 5) is 11.4. The summed E-state index contributed by atoms with van der Waals surface area (Å²) in [6.07, 6.45) is 0.555. The number of carbonyl (C=O) groups excluding carboxylic acids is 1. The predicted molar refractivity (Wildman–Crippen MR) is 55.7 cm³/mol. The average Bonchev–Trinajstić information content (AvgIpc) is 2.52. The molecule has 1 heterocycles. The van der Waals surface area contributed by atoms with Crippen molar-refractivity contribution >= 4 is 18.2 Å². The van der Waals surface area contributed by atoms with E-state index >= 15 is 0 Å². The number of phenols is 1. The molecule has 0 aliphatic carbocycles. The Morgan fingerprint density at radius 2 is 2.07 bits per heavy atom. The van der Waals surface area contributed by atoms with Gasteiger partial charge in [-0.3, -0.25) is 4.79 Å². The second kappa shape index (κ2) is 4.44. The molecule has 1 aromatic carbocycles. The van der Waals surface area contributed by atoms with Gasteiger partial charge < -0.3 is 10.4 Å². The van der Waals surface area contributed by atoms with Gasteiger partial charge in [0.05, 0.1) is 6.04 Å². The van der Waals surface area contributed by atoms with Crippen molar-refractivity contribution in [3.63, 3.8) is 0 Å². The topological polar surface area (TPSA) is 49.3 Å². The van der Waals surface area contributed by atoms with Gasteiger partial charge >= 0.3 is 0 Å². The zero-order valence-corrected chi connectivity index (χ0v) is 8.38. The van der Waals surface area contributed by atoms with Crippen molar-refractivity contribution in [2.24, 2.45) is 0 Å². The summed E-state index contributed by atoms with van der Waals surface area (Å²) in [5.41, 5.74) is 0.685. The fourth-order valence-electron chi connectivity index (χ4n) is 1.61. The number of nitrogens with one attached hydrogen (secondary N) is 1. The fraction of sp³-hybridized carbons (Fsp3) is 0.300. The van der Waals surface area contributed by atoms with Gasteiger partial charge in [-0.15, -0.1) is 12.4 Å². The zero-order valence-electron chi connectivity index (χ0n) is 7.56. The van der Waals surface area contributed by atoms with E-state index < -0.39 is 0 Å². The monoisotopic (exact) mass is 213 g/mol. The van der Waals surface area contributed by atoms with Crippen LogP contribution in [0.1, 0.15) is 18.0 Å². The van der Waals surface area contributed by atoms with E-state index in [2.05, 4.69) is 5.32 Å². The highest BCUT2D eigenvalue weighted by Gasteiger charge is 2.26. The van der Waals surface area contributed by atoms with Crippen LogP contribution in [0, 0.1) is 0 Å². The molecule has 0 saturated carbocycles. The van der Waals surface area contributed by atoms with Crippen molar-refractivity contribution in [2.45, 2.75) is 12.5 Å². The molecule has 1 fully saturated rings. The van der Waals surface area contributed by atoms with Gasteiger partial charge in [-0.25, -0.2) is 0 Å². The lowest BCUT2D eigenvalue weighted by Gasteiger charge is -2.10. The normalized spacial score (nSPS) is 20.6. The number of hydrogen-bond acceptors (Lipinski definition) is 3. The molecule has 0 amide bonds. The summed E-state index contributed by atoms with van der Waals surface area (Å²) in [6, 6.07) is 6.64. The van der Waals surface area contributed by atoms with Crippen LogP contribution in [0.25, 0.3) is 0 Å². The number of hydrogen-bond donors (Lipinski definition) is 2. The minimum atomic E-state index is -0.304. The van der Waals surface area contributed by atoms with Crippen LogP contribution in [0.5, 0.6) is 5.75 Å². The van der Waals surface area contributed by atoms with Crippen LogP contribution in [0.4, 0.5) is 0 Å². The van der Waals surface area contributed by atoms with Crippen molar-refractivity contribution in [1.82, 2.24) is 5.32 Å². The number of halogens is 1. The molecular weight excluding hydrogens is 202 g/mol. The smallest absolute Gasteiger partial charge is 0.155 e. The summed E-state index contributed by atoms with van der Waals surface area (Å²) in [5.74, 6) is 0.344. The van der Waals surface area contributed by atoms with Crippen LogP contribution in [0.3, 0.4) is 0 Å². The molecule has 1 unspecified atom stereocenters. The Bertz CT molecular complexity index is 341. The largest absolute Gasteiger partial charge is 0.508 e. The van der Waals surface area contributed by atoms with Crippen LogP contribution in [-0.2, 0) is 4.79 Å². The number of Topliss-reactive ketones (excluding diaryl/α,β-unsaturated/α-hetero) is 1. The van der Waals surface area contributed by atoms with Crippen LogP contribution in [-0.4, -0.2) is 17.4 Å². The molecule has 0 bridgehead atoms. The number of benzene rings is 1. The quantitative estimate of drug-likeness (QED) is 0.742. The first-order valence-electron chi connectivity index (χ1n) is 4.33. The van der Waals surface area contributed by atoms with Crippen LogP contribution in [0.15, 0.2) is 24.3 Å². The molecule has 0 spiro atoms. The first kappa shape index (κ1) is 11.0. The number of aromatic hydroxyl groups is 1. The van der Waals surface area contributed by atoms with Gasteiger partial charge in [-0.2, -0.15) is 0 Å². The molecular formula is C10H12ClNO2. The second-order valence-electron chi connectivity index (χ2n) is 3.16. The Kier molecular flexibility index (Phi) is 3.49. The maximum absolute atomic E-state index is 11.4. The lowest BCUT2D eigenvalue weighted by molar-refractivity contribution is -0.118. The summed E-state index contributed by atoms with van der Waals surface area (Å²) >= 11 is 0. The third-order valence-electron chi connectivity index (χ3n) is 2.29. The Labute approximate surface area is 88.5 Å². The van der Waals surface area contributed by atoms with Crippen molar-refractivity contribution in [2.75, 3.05) is 6.54 Å². The average molecular weight is 214 g/mol. The van der Waals surface area contributed by atoms with Crippen molar-refractivity contribution in [1.29, 1.82) is 0 Å². The third kappa shape index (κ3) is 1.89. The van der Waals surface area contributed by atoms with E-state index in [9.17, 15) is 9.90 Å². The first-order chi connectivity index (χ1) is 6.29. The molecule has 1 aliphatic rings. The molecule has 1 aliphatic heterocycles. The molecule has 2 rings (SSSR count). The summed E-state index contributed by atoms with van der Waals surface area (Å²) in [5, 5.41) is 12.6. The zero-order chi connectivity index (χ0) is 9.26. The van der Waals surface area contributed by atoms with Crippen molar-refractivity contribution < 1.29 is 9.90 Å². The Morgan fingerprint density at radius 3 is 2.64 bits per heavy atom. The summed E-state index contributed by atoms with van der Waals surface area (Å²) in [6.45, 7) is 0.706. The van der Waals surface area contributed by atoms with E-state index in [1.165, 1.54) is 0 Å². The molecule has 14 heavy (non-hydrogen) atoms. The van der Waals surface area contributed by atoms with Gasteiger partial charge in [0.15, 0.2) is 5.78 Å². The van der Waals surface area contributed by atoms with E-state index in [4.69, 9.17) is 0 Å². The Hall–Kier alpha value is -1.06. The summed E-state index contributed by atoms with van der Waals surface area (Å²) < 4.78 is 0. The van der Waals surface area contributed by atoms with Crippen LogP contribution < -0.4 is 5.32 Å². The molecule has 1 saturated heterocycles. The molecule has 0 aromatic heterocycles. The first-order valence-corrected chi connectivity index (χ1v) is 4.33. The van der Waals surface area contributed by atoms with Crippen LogP contribution in [0.2, 0.25) is 0 Å². The van der Waals surface area contributed by atoms with Gasteiger partial charge in [0, 0.05) is 18.5 Å². The van der Waals surface area contributed by atoms with E-state index in [1.807, 2.05) is 6.07 Å². The predicted octanol–water partition coefficient (Wildman–Crippen LogP) is 1.42. The number of ketones is 1. The minimum absolute atomic E-state index is 0. The van der Waals surface area contributed by atoms with E-state index in [0.29, 0.717) is 18.5 Å². The van der Waals surface area contributed by atoms with E-state index in [-0.39, 0.29) is 30.0 Å². The molecule has 0 radical (unpaired) electrons. The standard InChI is InChI=1S/C10H11NO2.ClH/c12-8-4-2-1-3-7(8)10-9(13)5-6-11-10;/h1-4,10-12H,5-6H2;1H. The molecule has 2 N–H and O–H groups in total. The van der Waals surface area contributed by atoms with Crippen molar-refractivity contribution in [3.8, 4) is 5.75 Å². The third-order valence-corrected chi connectivity index (χ3v) is 2.29. The van der Waals surface area contributed by atoms with Gasteiger partial charge in [0.1, 0.15) is 5.75 Å². The molecule has 1 aromatic rings. The number of carbonyl (C=O) groups is 1. The number of phenolic OH excluding ortho intramolecular Hbond substituents is 1. The van der Waals surface area contributed by atoms with Gasteiger partial charge in [0.2, 0.25) is 0 Å². The highest BCUT2D eigenvalue weighted by molar-refractivity contribution is 5.88. The molecule has 3 nitrogen and oxygen atoms in total. The highest BCUT2D eigenvalue weighted by Crippen LogP contribution is 2.27. The number of para-hydroxylation sites is 1. The van der Waals surface area contributed by atoms with Gasteiger partial charge in [-0.1, -0.05) is 18.2 Å². The maximum atomic E-state index is 11.4. The van der Waals surface area contributed by atoms with Gasteiger partial charge in [-0.05, 0) is 6.07 Å². The second-order valence-corrected chi connectivity index (χ2v) is 3.16. The molecule has 4 heteroatoms.